The van der Waals surface area contributed by atoms with Crippen LogP contribution >= 0.6 is 11.6 Å². The second-order valence-electron chi connectivity index (χ2n) is 8.56. The normalized spacial score (nSPS) is 12.5. The van der Waals surface area contributed by atoms with E-state index in [4.69, 9.17) is 11.6 Å². The number of rotatable bonds is 9. The largest absolute Gasteiger partial charge is 0.331 e. The van der Waals surface area contributed by atoms with E-state index in [9.17, 15) is 16.8 Å². The zero-order valence-corrected chi connectivity index (χ0v) is 23.3. The van der Waals surface area contributed by atoms with Crippen molar-refractivity contribution in [3.8, 4) is 0 Å². The van der Waals surface area contributed by atoms with Gasteiger partial charge in [-0.2, -0.15) is 27.0 Å². The molecular weight excluding hydrogens is 546 g/mol. The summed E-state index contributed by atoms with van der Waals surface area (Å²) in [5, 5.41) is 8.93. The molecule has 4 rings (SSSR count). The van der Waals surface area contributed by atoms with Gasteiger partial charge in [0.1, 0.15) is 5.15 Å². The Bertz CT molecular complexity index is 1740. The van der Waals surface area contributed by atoms with Crippen LogP contribution in [-0.4, -0.2) is 33.8 Å². The molecule has 198 valence electrons. The Hall–Kier alpha value is -3.67. The Kier molecular flexibility index (Phi) is 7.91. The zero-order chi connectivity index (χ0) is 27.5. The molecule has 3 aromatic carbocycles. The third-order valence-corrected chi connectivity index (χ3v) is 8.68. The average molecular weight is 572 g/mol. The predicted molar refractivity (Wildman–Crippen MR) is 151 cm³/mol. The number of hydrogen-bond acceptors (Lipinski definition) is 6. The average Bonchev–Trinajstić information content (AvgIpc) is 3.14. The lowest BCUT2D eigenvalue weighted by Gasteiger charge is -2.04. The van der Waals surface area contributed by atoms with Gasteiger partial charge in [-0.3, -0.25) is 0 Å². The van der Waals surface area contributed by atoms with Gasteiger partial charge in [-0.15, -0.1) is 0 Å². The lowest BCUT2D eigenvalue weighted by Crippen LogP contribution is -2.18. The van der Waals surface area contributed by atoms with E-state index >= 15 is 0 Å². The zero-order valence-electron chi connectivity index (χ0n) is 20.9. The molecule has 0 unspecified atom stereocenters. The smallest absolute Gasteiger partial charge is 0.276 e. The molecule has 1 heterocycles. The van der Waals surface area contributed by atoms with Gasteiger partial charge in [0.05, 0.1) is 22.2 Å². The fourth-order valence-corrected chi connectivity index (χ4v) is 5.69. The van der Waals surface area contributed by atoms with E-state index in [1.807, 2.05) is 31.4 Å². The molecular formula is C26H26ClN5O4S2. The van der Waals surface area contributed by atoms with Crippen LogP contribution in [0.5, 0.6) is 0 Å². The first-order chi connectivity index (χ1) is 18.0. The first-order valence-electron chi connectivity index (χ1n) is 11.6. The van der Waals surface area contributed by atoms with Crippen molar-refractivity contribution in [2.45, 2.75) is 37.1 Å². The molecule has 4 aromatic rings. The lowest BCUT2D eigenvalue weighted by atomic mass is 10.1. The topological polar surface area (TPSA) is 122 Å². The molecule has 1 aromatic heterocycles. The van der Waals surface area contributed by atoms with Crippen LogP contribution in [0.2, 0.25) is 5.15 Å². The number of sulfonamides is 2. The predicted octanol–water partition coefficient (Wildman–Crippen LogP) is 4.56. The number of nitrogens with zero attached hydrogens (tertiary/aromatic N) is 3. The van der Waals surface area contributed by atoms with Gasteiger partial charge in [0.15, 0.2) is 0 Å². The molecule has 2 N–H and O–H groups in total. The van der Waals surface area contributed by atoms with Crippen molar-refractivity contribution in [3.05, 3.63) is 94.1 Å². The van der Waals surface area contributed by atoms with Crippen LogP contribution in [0.25, 0.3) is 10.9 Å². The van der Waals surface area contributed by atoms with Gasteiger partial charge in [-0.1, -0.05) is 53.1 Å². The summed E-state index contributed by atoms with van der Waals surface area (Å²) in [6.07, 6.45) is 2.73. The molecule has 0 aliphatic heterocycles. The van der Waals surface area contributed by atoms with Gasteiger partial charge < -0.3 is 4.57 Å². The maximum atomic E-state index is 12.6. The Labute approximate surface area is 226 Å². The van der Waals surface area contributed by atoms with Crippen molar-refractivity contribution < 1.29 is 16.8 Å². The third kappa shape index (κ3) is 5.90. The first-order valence-corrected chi connectivity index (χ1v) is 14.9. The fraction of sp³-hybridized carbons (Fsp3) is 0.154. The number of halogens is 1. The monoisotopic (exact) mass is 571 g/mol. The van der Waals surface area contributed by atoms with E-state index in [1.165, 1.54) is 36.7 Å². The molecule has 0 radical (unpaired) electrons. The van der Waals surface area contributed by atoms with E-state index in [2.05, 4.69) is 19.9 Å². The molecule has 0 aliphatic carbocycles. The van der Waals surface area contributed by atoms with Crippen LogP contribution in [0.1, 0.15) is 29.2 Å². The number of hydrogen-bond donors (Lipinski definition) is 2. The van der Waals surface area contributed by atoms with Crippen LogP contribution < -0.4 is 9.66 Å². The molecule has 0 spiro atoms. The Morgan fingerprint density at radius 3 is 1.79 bits per heavy atom. The van der Waals surface area contributed by atoms with E-state index in [-0.39, 0.29) is 9.79 Å². The molecule has 38 heavy (non-hydrogen) atoms. The number of benzene rings is 3. The minimum atomic E-state index is -3.86. The van der Waals surface area contributed by atoms with Gasteiger partial charge in [0.2, 0.25) is 0 Å². The summed E-state index contributed by atoms with van der Waals surface area (Å²) in [4.78, 5) is 4.63. The van der Waals surface area contributed by atoms with Crippen LogP contribution in [0.4, 0.5) is 0 Å². The molecule has 12 heteroatoms. The molecule has 0 saturated heterocycles. The maximum absolute atomic E-state index is 12.6. The van der Waals surface area contributed by atoms with Crippen molar-refractivity contribution >= 4 is 55.0 Å². The first kappa shape index (κ1) is 27.4. The van der Waals surface area contributed by atoms with Gasteiger partial charge in [0, 0.05) is 23.0 Å². The van der Waals surface area contributed by atoms with Gasteiger partial charge >= 0.3 is 0 Å². The standard InChI is InChI=1S/C26H26ClN5O4S2/c1-4-32-25-14-9-20(16-28-30-37(33,34)21-10-5-18(2)6-11-21)15-23(25)24(26(32)27)17-29-31-38(35,36)22-12-7-19(3)8-13-22/h5-17,30-31H,4H2,1-3H3. The Morgan fingerprint density at radius 2 is 1.29 bits per heavy atom. The van der Waals surface area contributed by atoms with Gasteiger partial charge in [0.25, 0.3) is 20.0 Å². The minimum absolute atomic E-state index is 0.0916. The summed E-state index contributed by atoms with van der Waals surface area (Å²) in [5.41, 5.74) is 3.79. The SMILES string of the molecule is CCn1c(Cl)c(C=NNS(=O)(=O)c2ccc(C)cc2)c2cc(C=NNS(=O)(=O)c3ccc(C)cc3)ccc21. The highest BCUT2D eigenvalue weighted by Crippen LogP contribution is 2.29. The highest BCUT2D eigenvalue weighted by atomic mass is 35.5. The fourth-order valence-electron chi connectivity index (χ4n) is 3.75. The lowest BCUT2D eigenvalue weighted by molar-refractivity contribution is 0.583. The number of aryl methyl sites for hydroxylation is 3. The van der Waals surface area contributed by atoms with Gasteiger partial charge in [-0.25, -0.2) is 9.66 Å². The van der Waals surface area contributed by atoms with E-state index < -0.39 is 20.0 Å². The molecule has 0 saturated carbocycles. The van der Waals surface area contributed by atoms with Crippen molar-refractivity contribution in [2.75, 3.05) is 0 Å². The van der Waals surface area contributed by atoms with E-state index in [0.29, 0.717) is 28.2 Å². The number of aromatic nitrogens is 1. The van der Waals surface area contributed by atoms with Crippen molar-refractivity contribution in [1.29, 1.82) is 0 Å². The van der Waals surface area contributed by atoms with Crippen LogP contribution in [0.3, 0.4) is 0 Å². The summed E-state index contributed by atoms with van der Waals surface area (Å²) in [5.74, 6) is 0. The van der Waals surface area contributed by atoms with Crippen LogP contribution in [0, 0.1) is 13.8 Å². The Balaban J connectivity index is 1.60. The second kappa shape index (κ2) is 11.0. The maximum Gasteiger partial charge on any atom is 0.276 e. The van der Waals surface area contributed by atoms with Crippen molar-refractivity contribution in [2.24, 2.45) is 10.2 Å². The summed E-state index contributed by atoms with van der Waals surface area (Å²) in [6, 6.07) is 18.2. The molecule has 0 amide bonds. The van der Waals surface area contributed by atoms with Crippen molar-refractivity contribution in [1.82, 2.24) is 14.2 Å². The van der Waals surface area contributed by atoms with Crippen LogP contribution in [0.15, 0.2) is 86.7 Å². The third-order valence-electron chi connectivity index (χ3n) is 5.79. The Morgan fingerprint density at radius 1 is 0.789 bits per heavy atom. The highest BCUT2D eigenvalue weighted by Gasteiger charge is 2.16. The number of nitrogens with one attached hydrogen (secondary N) is 2. The molecule has 0 aliphatic rings. The molecule has 0 atom stereocenters. The molecule has 9 nitrogen and oxygen atoms in total. The summed E-state index contributed by atoms with van der Waals surface area (Å²) in [7, 11) is -7.67. The molecule has 0 bridgehead atoms. The second-order valence-corrected chi connectivity index (χ2v) is 12.2. The summed E-state index contributed by atoms with van der Waals surface area (Å²) in [6.45, 7) is 6.24. The van der Waals surface area contributed by atoms with Crippen LogP contribution in [-0.2, 0) is 26.6 Å². The molecule has 0 fully saturated rings. The van der Waals surface area contributed by atoms with E-state index in [1.54, 1.807) is 36.4 Å². The summed E-state index contributed by atoms with van der Waals surface area (Å²) >= 11 is 6.60. The summed E-state index contributed by atoms with van der Waals surface area (Å²) < 4.78 is 52.0. The number of hydrazone groups is 2. The minimum Gasteiger partial charge on any atom is -0.331 e. The quantitative estimate of drug-likeness (QED) is 0.226. The highest BCUT2D eigenvalue weighted by molar-refractivity contribution is 7.89. The van der Waals surface area contributed by atoms with E-state index in [0.717, 1.165) is 16.6 Å². The van der Waals surface area contributed by atoms with Crippen molar-refractivity contribution in [3.63, 3.8) is 0 Å². The number of fused-ring (bicyclic) bond motifs is 1. The van der Waals surface area contributed by atoms with Gasteiger partial charge in [-0.05, 0) is 62.7 Å².